The molecule has 2 heterocycles. The van der Waals surface area contributed by atoms with Gasteiger partial charge in [0.25, 0.3) is 0 Å². The highest BCUT2D eigenvalue weighted by Gasteiger charge is 2.29. The predicted molar refractivity (Wildman–Crippen MR) is 65.7 cm³/mol. The minimum Gasteiger partial charge on any atom is -0.377 e. The van der Waals surface area contributed by atoms with Crippen LogP contribution >= 0.6 is 0 Å². The molecule has 0 spiro atoms. The number of morpholine rings is 1. The van der Waals surface area contributed by atoms with Gasteiger partial charge < -0.3 is 15.4 Å². The van der Waals surface area contributed by atoms with Crippen molar-refractivity contribution >= 4 is 17.7 Å². The summed E-state index contributed by atoms with van der Waals surface area (Å²) in [5, 5.41) is 0. The summed E-state index contributed by atoms with van der Waals surface area (Å²) in [6, 6.07) is 1.26. The van der Waals surface area contributed by atoms with E-state index >= 15 is 0 Å². The lowest BCUT2D eigenvalue weighted by Gasteiger charge is -2.34. The van der Waals surface area contributed by atoms with Gasteiger partial charge in [0.05, 0.1) is 13.2 Å². The Bertz CT molecular complexity index is 452. The molecule has 0 aliphatic carbocycles. The first kappa shape index (κ1) is 12.5. The second-order valence-electron chi connectivity index (χ2n) is 4.02. The van der Waals surface area contributed by atoms with Gasteiger partial charge >= 0.3 is 0 Å². The number of rotatable bonds is 3. The summed E-state index contributed by atoms with van der Waals surface area (Å²) in [6.07, 6.45) is 0. The Hall–Kier alpha value is -1.93. The van der Waals surface area contributed by atoms with Crippen molar-refractivity contribution in [2.75, 3.05) is 30.1 Å². The number of aryl methyl sites for hydroxylation is 1. The van der Waals surface area contributed by atoms with Gasteiger partial charge in [-0.15, -0.1) is 0 Å². The van der Waals surface area contributed by atoms with Crippen LogP contribution in [0, 0.1) is 6.92 Å². The Labute approximate surface area is 104 Å². The summed E-state index contributed by atoms with van der Waals surface area (Å²) in [4.78, 5) is 21.5. The summed E-state index contributed by atoms with van der Waals surface area (Å²) in [7, 11) is 0. The molecule has 1 aliphatic heterocycles. The van der Waals surface area contributed by atoms with Crippen molar-refractivity contribution in [2.24, 2.45) is 11.6 Å². The molecule has 1 saturated heterocycles. The molecule has 1 aromatic heterocycles. The van der Waals surface area contributed by atoms with Crippen molar-refractivity contribution in [1.82, 2.24) is 9.97 Å². The standard InChI is InChI=1S/C10H16N6O2/c1-6-4-8(14-10(13-6)15-12)16-2-3-18-5-7(16)9(11)17/h4,7H,2-3,5,12H2,1H3,(H2,11,17)(H,13,14,15). The van der Waals surface area contributed by atoms with Crippen LogP contribution in [0.4, 0.5) is 11.8 Å². The van der Waals surface area contributed by atoms with Crippen LogP contribution in [0.15, 0.2) is 6.07 Å². The molecule has 1 amide bonds. The lowest BCUT2D eigenvalue weighted by Crippen LogP contribution is -2.53. The van der Waals surface area contributed by atoms with E-state index in [1.54, 1.807) is 11.0 Å². The number of nitrogens with one attached hydrogen (secondary N) is 1. The Morgan fingerprint density at radius 3 is 3.06 bits per heavy atom. The van der Waals surface area contributed by atoms with Gasteiger partial charge in [-0.1, -0.05) is 0 Å². The summed E-state index contributed by atoms with van der Waals surface area (Å²) < 4.78 is 5.26. The molecule has 98 valence electrons. The summed E-state index contributed by atoms with van der Waals surface area (Å²) in [5.41, 5.74) is 8.51. The number of hydrazine groups is 1. The molecule has 1 unspecified atom stereocenters. The second kappa shape index (κ2) is 5.15. The summed E-state index contributed by atoms with van der Waals surface area (Å²) >= 11 is 0. The molecule has 1 atom stereocenters. The number of primary amides is 1. The van der Waals surface area contributed by atoms with E-state index in [0.29, 0.717) is 24.9 Å². The minimum atomic E-state index is -0.515. The van der Waals surface area contributed by atoms with Gasteiger partial charge in [0.1, 0.15) is 11.9 Å². The molecule has 1 aromatic rings. The van der Waals surface area contributed by atoms with E-state index in [-0.39, 0.29) is 6.61 Å². The lowest BCUT2D eigenvalue weighted by molar-refractivity contribution is -0.121. The second-order valence-corrected chi connectivity index (χ2v) is 4.02. The van der Waals surface area contributed by atoms with Gasteiger partial charge in [-0.2, -0.15) is 4.98 Å². The average molecular weight is 252 g/mol. The molecule has 18 heavy (non-hydrogen) atoms. The first-order chi connectivity index (χ1) is 8.61. The van der Waals surface area contributed by atoms with Crippen LogP contribution in [-0.2, 0) is 9.53 Å². The Morgan fingerprint density at radius 1 is 1.61 bits per heavy atom. The molecule has 0 aromatic carbocycles. The number of carbonyl (C=O) groups excluding carboxylic acids is 1. The van der Waals surface area contributed by atoms with Crippen LogP contribution in [0.2, 0.25) is 0 Å². The van der Waals surface area contributed by atoms with Crippen LogP contribution in [-0.4, -0.2) is 41.7 Å². The van der Waals surface area contributed by atoms with Gasteiger partial charge in [0, 0.05) is 18.3 Å². The number of hydrogen-bond acceptors (Lipinski definition) is 7. The Balaban J connectivity index is 2.33. The molecule has 1 aliphatic rings. The fourth-order valence-corrected chi connectivity index (χ4v) is 1.88. The highest BCUT2D eigenvalue weighted by molar-refractivity contribution is 5.83. The third kappa shape index (κ3) is 2.49. The van der Waals surface area contributed by atoms with Gasteiger partial charge in [0.15, 0.2) is 0 Å². The van der Waals surface area contributed by atoms with E-state index in [1.165, 1.54) is 0 Å². The topological polar surface area (TPSA) is 119 Å². The third-order valence-electron chi connectivity index (χ3n) is 2.72. The maximum Gasteiger partial charge on any atom is 0.242 e. The smallest absolute Gasteiger partial charge is 0.242 e. The first-order valence-electron chi connectivity index (χ1n) is 5.58. The SMILES string of the molecule is Cc1cc(N2CCOCC2C(N)=O)nc(NN)n1. The largest absolute Gasteiger partial charge is 0.377 e. The van der Waals surface area contributed by atoms with E-state index in [1.807, 2.05) is 6.92 Å². The number of anilines is 2. The molecule has 1 fully saturated rings. The van der Waals surface area contributed by atoms with Gasteiger partial charge in [-0.3, -0.25) is 10.2 Å². The van der Waals surface area contributed by atoms with E-state index in [4.69, 9.17) is 16.3 Å². The number of amides is 1. The highest BCUT2D eigenvalue weighted by atomic mass is 16.5. The van der Waals surface area contributed by atoms with Crippen molar-refractivity contribution in [3.8, 4) is 0 Å². The Kier molecular flexibility index (Phi) is 3.58. The molecular weight excluding hydrogens is 236 g/mol. The van der Waals surface area contributed by atoms with Crippen LogP contribution in [0.3, 0.4) is 0 Å². The fraction of sp³-hybridized carbons (Fsp3) is 0.500. The van der Waals surface area contributed by atoms with E-state index in [2.05, 4.69) is 15.4 Å². The van der Waals surface area contributed by atoms with Crippen molar-refractivity contribution in [2.45, 2.75) is 13.0 Å². The molecule has 0 bridgehead atoms. The molecular formula is C10H16N6O2. The van der Waals surface area contributed by atoms with Crippen molar-refractivity contribution in [3.63, 3.8) is 0 Å². The zero-order valence-electron chi connectivity index (χ0n) is 10.1. The van der Waals surface area contributed by atoms with Crippen molar-refractivity contribution < 1.29 is 9.53 Å². The number of ether oxygens (including phenoxy) is 1. The molecule has 8 nitrogen and oxygen atoms in total. The molecule has 0 radical (unpaired) electrons. The lowest BCUT2D eigenvalue weighted by atomic mass is 10.2. The maximum atomic E-state index is 11.4. The number of nitrogens with two attached hydrogens (primary N) is 2. The van der Waals surface area contributed by atoms with Crippen LogP contribution in [0.25, 0.3) is 0 Å². The van der Waals surface area contributed by atoms with Gasteiger partial charge in [0.2, 0.25) is 11.9 Å². The third-order valence-corrected chi connectivity index (χ3v) is 2.72. The number of hydrogen-bond donors (Lipinski definition) is 3. The average Bonchev–Trinajstić information content (AvgIpc) is 2.38. The zero-order valence-corrected chi connectivity index (χ0v) is 10.1. The van der Waals surface area contributed by atoms with Gasteiger partial charge in [-0.05, 0) is 6.92 Å². The number of aromatic nitrogens is 2. The monoisotopic (exact) mass is 252 g/mol. The van der Waals surface area contributed by atoms with Crippen molar-refractivity contribution in [3.05, 3.63) is 11.8 Å². The van der Waals surface area contributed by atoms with Crippen LogP contribution in [0.1, 0.15) is 5.69 Å². The van der Waals surface area contributed by atoms with E-state index in [0.717, 1.165) is 5.69 Å². The molecule has 8 heteroatoms. The highest BCUT2D eigenvalue weighted by Crippen LogP contribution is 2.19. The first-order valence-corrected chi connectivity index (χ1v) is 5.58. The van der Waals surface area contributed by atoms with Crippen LogP contribution in [0.5, 0.6) is 0 Å². The number of carbonyl (C=O) groups is 1. The summed E-state index contributed by atoms with van der Waals surface area (Å²) in [6.45, 7) is 3.17. The quantitative estimate of drug-likeness (QED) is 0.454. The van der Waals surface area contributed by atoms with E-state index < -0.39 is 11.9 Å². The number of nitrogen functional groups attached to an aromatic ring is 1. The zero-order chi connectivity index (χ0) is 13.1. The normalized spacial score (nSPS) is 19.7. The van der Waals surface area contributed by atoms with Crippen molar-refractivity contribution in [1.29, 1.82) is 0 Å². The van der Waals surface area contributed by atoms with Gasteiger partial charge in [-0.25, -0.2) is 10.8 Å². The van der Waals surface area contributed by atoms with Crippen LogP contribution < -0.4 is 21.9 Å². The molecule has 2 rings (SSSR count). The minimum absolute atomic E-state index is 0.268. The molecule has 0 saturated carbocycles. The summed E-state index contributed by atoms with van der Waals surface area (Å²) in [5.74, 6) is 5.78. The fourth-order valence-electron chi connectivity index (χ4n) is 1.88. The van der Waals surface area contributed by atoms with E-state index in [9.17, 15) is 4.79 Å². The maximum absolute atomic E-state index is 11.4. The predicted octanol–water partition coefficient (Wildman–Crippen LogP) is -1.24. The number of nitrogens with zero attached hydrogens (tertiary/aromatic N) is 3. The Morgan fingerprint density at radius 2 is 2.39 bits per heavy atom. The molecule has 5 N–H and O–H groups in total.